The van der Waals surface area contributed by atoms with Crippen LogP contribution >= 0.6 is 24.0 Å². The van der Waals surface area contributed by atoms with Gasteiger partial charge in [-0.2, -0.15) is 12.6 Å². The number of hydrogen-bond donors (Lipinski definition) is 1. The molecule has 1 nitrogen and oxygen atoms in total. The van der Waals surface area contributed by atoms with Crippen molar-refractivity contribution in [2.75, 3.05) is 19.3 Å². The minimum Gasteiger partial charge on any atom is -0.298 e. The van der Waals surface area contributed by atoms with Crippen LogP contribution in [0.3, 0.4) is 0 Å². The van der Waals surface area contributed by atoms with Crippen molar-refractivity contribution < 1.29 is 0 Å². The molecule has 15 heavy (non-hydrogen) atoms. The monoisotopic (exact) mass is 243 g/mol. The summed E-state index contributed by atoms with van der Waals surface area (Å²) < 4.78 is 0. The molecule has 0 aliphatic carbocycles. The van der Waals surface area contributed by atoms with E-state index in [0.29, 0.717) is 6.04 Å². The van der Waals surface area contributed by atoms with E-state index >= 15 is 0 Å². The van der Waals surface area contributed by atoms with Gasteiger partial charge in [-0.05, 0) is 36.6 Å². The quantitative estimate of drug-likeness (QED) is 0.772. The lowest BCUT2D eigenvalue weighted by molar-refractivity contribution is 0.187. The zero-order chi connectivity index (χ0) is 11.5. The van der Waals surface area contributed by atoms with Gasteiger partial charge in [-0.15, -0.1) is 11.3 Å². The van der Waals surface area contributed by atoms with Gasteiger partial charge >= 0.3 is 0 Å². The van der Waals surface area contributed by atoms with Gasteiger partial charge in [0.15, 0.2) is 0 Å². The van der Waals surface area contributed by atoms with E-state index in [-0.39, 0.29) is 5.41 Å². The van der Waals surface area contributed by atoms with Crippen LogP contribution < -0.4 is 0 Å². The zero-order valence-electron chi connectivity index (χ0n) is 10.0. The maximum Gasteiger partial charge on any atom is 0.0410 e. The van der Waals surface area contributed by atoms with Gasteiger partial charge in [0.1, 0.15) is 0 Å². The van der Waals surface area contributed by atoms with E-state index in [1.165, 1.54) is 4.88 Å². The molecule has 0 amide bonds. The Morgan fingerprint density at radius 2 is 2.20 bits per heavy atom. The van der Waals surface area contributed by atoms with Crippen molar-refractivity contribution >= 4 is 24.0 Å². The molecule has 1 heterocycles. The van der Waals surface area contributed by atoms with Crippen LogP contribution in [0.15, 0.2) is 17.5 Å². The molecule has 1 unspecified atom stereocenters. The highest BCUT2D eigenvalue weighted by Crippen LogP contribution is 2.27. The van der Waals surface area contributed by atoms with E-state index in [9.17, 15) is 0 Å². The Morgan fingerprint density at radius 3 is 2.67 bits per heavy atom. The summed E-state index contributed by atoms with van der Waals surface area (Å²) in [6.07, 6.45) is 0. The Kier molecular flexibility index (Phi) is 4.68. The van der Waals surface area contributed by atoms with Crippen LogP contribution in [-0.4, -0.2) is 24.2 Å². The number of nitrogens with zero attached hydrogens (tertiary/aromatic N) is 1. The zero-order valence-corrected chi connectivity index (χ0v) is 11.7. The minimum absolute atomic E-state index is 0.281. The van der Waals surface area contributed by atoms with Gasteiger partial charge < -0.3 is 0 Å². The summed E-state index contributed by atoms with van der Waals surface area (Å²) in [5, 5.41) is 2.14. The molecular formula is C12H21NS2. The molecule has 0 radical (unpaired) electrons. The highest BCUT2D eigenvalue weighted by Gasteiger charge is 2.21. The van der Waals surface area contributed by atoms with Gasteiger partial charge in [-0.3, -0.25) is 4.90 Å². The molecule has 0 N–H and O–H groups in total. The number of thiol groups is 1. The number of thiophene rings is 1. The predicted molar refractivity (Wildman–Crippen MR) is 73.0 cm³/mol. The fraction of sp³-hybridized carbons (Fsp3) is 0.667. The van der Waals surface area contributed by atoms with Crippen LogP contribution in [-0.2, 0) is 0 Å². The summed E-state index contributed by atoms with van der Waals surface area (Å²) >= 11 is 6.23. The first kappa shape index (κ1) is 13.1. The van der Waals surface area contributed by atoms with Gasteiger partial charge in [0.05, 0.1) is 0 Å². The summed E-state index contributed by atoms with van der Waals surface area (Å²) in [7, 11) is 2.19. The average molecular weight is 243 g/mol. The molecule has 1 aromatic rings. The van der Waals surface area contributed by atoms with E-state index < -0.39 is 0 Å². The highest BCUT2D eigenvalue weighted by molar-refractivity contribution is 7.80. The largest absolute Gasteiger partial charge is 0.298 e. The van der Waals surface area contributed by atoms with Crippen molar-refractivity contribution in [2.45, 2.75) is 26.8 Å². The van der Waals surface area contributed by atoms with Crippen molar-refractivity contribution in [3.8, 4) is 0 Å². The summed E-state index contributed by atoms with van der Waals surface area (Å²) in [6, 6.07) is 4.83. The van der Waals surface area contributed by atoms with E-state index in [2.05, 4.69) is 62.9 Å². The second-order valence-corrected chi connectivity index (χ2v) is 6.22. The lowest BCUT2D eigenvalue weighted by Gasteiger charge is -2.32. The maximum atomic E-state index is 4.40. The van der Waals surface area contributed by atoms with Gasteiger partial charge in [-0.1, -0.05) is 19.9 Å². The molecule has 0 aromatic carbocycles. The Labute approximate surface area is 103 Å². The van der Waals surface area contributed by atoms with Crippen LogP contribution in [0.25, 0.3) is 0 Å². The molecule has 86 valence electrons. The first-order chi connectivity index (χ1) is 6.96. The topological polar surface area (TPSA) is 3.24 Å². The molecule has 0 fully saturated rings. The molecule has 3 heteroatoms. The summed E-state index contributed by atoms with van der Waals surface area (Å²) in [6.45, 7) is 7.87. The van der Waals surface area contributed by atoms with E-state index in [0.717, 1.165) is 12.3 Å². The smallest absolute Gasteiger partial charge is 0.0410 e. The molecule has 0 saturated heterocycles. The molecule has 0 spiro atoms. The van der Waals surface area contributed by atoms with Gasteiger partial charge in [0.25, 0.3) is 0 Å². The van der Waals surface area contributed by atoms with Crippen molar-refractivity contribution in [1.82, 2.24) is 4.90 Å². The van der Waals surface area contributed by atoms with Crippen molar-refractivity contribution in [1.29, 1.82) is 0 Å². The normalized spacial score (nSPS) is 14.5. The second-order valence-electron chi connectivity index (χ2n) is 4.93. The Bertz CT molecular complexity index is 280. The average Bonchev–Trinajstić information content (AvgIpc) is 2.68. The molecule has 1 rings (SSSR count). The van der Waals surface area contributed by atoms with Crippen LogP contribution in [0.2, 0.25) is 0 Å². The van der Waals surface area contributed by atoms with Crippen LogP contribution in [0.5, 0.6) is 0 Å². The third-order valence-electron chi connectivity index (χ3n) is 2.72. The fourth-order valence-electron chi connectivity index (χ4n) is 1.61. The van der Waals surface area contributed by atoms with Crippen molar-refractivity contribution in [2.24, 2.45) is 5.41 Å². The number of hydrogen-bond acceptors (Lipinski definition) is 3. The van der Waals surface area contributed by atoms with Crippen LogP contribution in [0.4, 0.5) is 0 Å². The lowest BCUT2D eigenvalue weighted by atomic mass is 9.95. The van der Waals surface area contributed by atoms with E-state index in [4.69, 9.17) is 0 Å². The van der Waals surface area contributed by atoms with Crippen molar-refractivity contribution in [3.63, 3.8) is 0 Å². The summed E-state index contributed by atoms with van der Waals surface area (Å²) in [5.41, 5.74) is 0.281. The molecule has 1 atom stereocenters. The summed E-state index contributed by atoms with van der Waals surface area (Å²) in [4.78, 5) is 3.84. The molecule has 0 saturated carbocycles. The SMILES string of the molecule is CC(c1cccs1)N(C)CC(C)(C)CS. The third-order valence-corrected chi connectivity index (χ3v) is 4.62. The Balaban J connectivity index is 2.58. The van der Waals surface area contributed by atoms with E-state index in [1.807, 2.05) is 11.3 Å². The second kappa shape index (κ2) is 5.37. The summed E-state index contributed by atoms with van der Waals surface area (Å²) in [5.74, 6) is 0.925. The first-order valence-electron chi connectivity index (χ1n) is 5.31. The van der Waals surface area contributed by atoms with Crippen LogP contribution in [0, 0.1) is 5.41 Å². The lowest BCUT2D eigenvalue weighted by Crippen LogP contribution is -2.34. The van der Waals surface area contributed by atoms with Gasteiger partial charge in [-0.25, -0.2) is 0 Å². The molecule has 1 aromatic heterocycles. The van der Waals surface area contributed by atoms with Crippen LogP contribution in [0.1, 0.15) is 31.7 Å². The third kappa shape index (κ3) is 3.82. The van der Waals surface area contributed by atoms with Gasteiger partial charge in [0, 0.05) is 17.5 Å². The van der Waals surface area contributed by atoms with E-state index in [1.54, 1.807) is 0 Å². The highest BCUT2D eigenvalue weighted by atomic mass is 32.1. The van der Waals surface area contributed by atoms with Gasteiger partial charge in [0.2, 0.25) is 0 Å². The Morgan fingerprint density at radius 1 is 1.53 bits per heavy atom. The standard InChI is InChI=1S/C12H21NS2/c1-10(11-6-5-7-15-11)13(4)8-12(2,3)9-14/h5-7,10,14H,8-9H2,1-4H3. The molecule has 0 bridgehead atoms. The number of rotatable bonds is 5. The first-order valence-corrected chi connectivity index (χ1v) is 6.82. The fourth-order valence-corrected chi connectivity index (χ4v) is 2.56. The molecular weight excluding hydrogens is 222 g/mol. The maximum absolute atomic E-state index is 4.40. The Hall–Kier alpha value is 0.01000. The molecule has 0 aliphatic heterocycles. The predicted octanol–water partition coefficient (Wildman–Crippen LogP) is 3.70. The van der Waals surface area contributed by atoms with Crippen molar-refractivity contribution in [3.05, 3.63) is 22.4 Å². The molecule has 0 aliphatic rings. The minimum atomic E-state index is 0.281.